The van der Waals surface area contributed by atoms with Crippen LogP contribution in [0, 0.1) is 0 Å². The van der Waals surface area contributed by atoms with Gasteiger partial charge in [0.05, 0.1) is 18.2 Å². The smallest absolute Gasteiger partial charge is 0.416 e. The van der Waals surface area contributed by atoms with Crippen molar-refractivity contribution >= 4 is 29.2 Å². The van der Waals surface area contributed by atoms with Crippen LogP contribution in [0.2, 0.25) is 10.3 Å². The van der Waals surface area contributed by atoms with Crippen molar-refractivity contribution in [2.45, 2.75) is 6.18 Å². The predicted octanol–water partition coefficient (Wildman–Crippen LogP) is 4.86. The zero-order valence-corrected chi connectivity index (χ0v) is 12.6. The summed E-state index contributed by atoms with van der Waals surface area (Å²) in [7, 11) is 1.14. The van der Waals surface area contributed by atoms with Crippen LogP contribution in [-0.2, 0) is 10.9 Å². The van der Waals surface area contributed by atoms with Gasteiger partial charge in [-0.1, -0.05) is 23.2 Å². The first-order valence-electron chi connectivity index (χ1n) is 5.85. The Morgan fingerprint density at radius 3 is 2.23 bits per heavy atom. The zero-order chi connectivity index (χ0) is 16.5. The molecule has 1 aromatic carbocycles. The molecular weight excluding hydrogens is 342 g/mol. The average Bonchev–Trinajstić information content (AvgIpc) is 2.43. The summed E-state index contributed by atoms with van der Waals surface area (Å²) in [5.41, 5.74) is -0.697. The number of ether oxygens (including phenoxy) is 1. The summed E-state index contributed by atoms with van der Waals surface area (Å²) in [5.74, 6) is -0.771. The van der Waals surface area contributed by atoms with E-state index in [1.807, 2.05) is 0 Å². The van der Waals surface area contributed by atoms with Crippen molar-refractivity contribution in [1.82, 2.24) is 4.98 Å². The minimum atomic E-state index is -4.55. The van der Waals surface area contributed by atoms with E-state index in [0.29, 0.717) is 0 Å². The van der Waals surface area contributed by atoms with E-state index >= 15 is 0 Å². The van der Waals surface area contributed by atoms with Crippen LogP contribution in [0.1, 0.15) is 15.9 Å². The highest BCUT2D eigenvalue weighted by atomic mass is 35.5. The monoisotopic (exact) mass is 349 g/mol. The third-order valence-corrected chi connectivity index (χ3v) is 3.21. The lowest BCUT2D eigenvalue weighted by atomic mass is 9.97. The third-order valence-electron chi connectivity index (χ3n) is 2.83. The van der Waals surface area contributed by atoms with Gasteiger partial charge in [-0.15, -0.1) is 0 Å². The van der Waals surface area contributed by atoms with Crippen LogP contribution in [0.15, 0.2) is 30.3 Å². The molecule has 0 unspecified atom stereocenters. The van der Waals surface area contributed by atoms with Crippen LogP contribution >= 0.6 is 23.2 Å². The molecule has 0 fully saturated rings. The minimum Gasteiger partial charge on any atom is -0.465 e. The zero-order valence-electron chi connectivity index (χ0n) is 11.0. The maximum absolute atomic E-state index is 12.9. The molecular formula is C14H8Cl2F3NO2. The molecule has 0 aliphatic carbocycles. The van der Waals surface area contributed by atoms with Gasteiger partial charge in [0.2, 0.25) is 0 Å². The molecule has 0 saturated carbocycles. The van der Waals surface area contributed by atoms with Crippen LogP contribution in [0.4, 0.5) is 13.2 Å². The largest absolute Gasteiger partial charge is 0.465 e. The van der Waals surface area contributed by atoms with Crippen LogP contribution in [-0.4, -0.2) is 18.1 Å². The molecule has 116 valence electrons. The first kappa shape index (κ1) is 16.6. The topological polar surface area (TPSA) is 39.2 Å². The van der Waals surface area contributed by atoms with E-state index in [4.69, 9.17) is 23.2 Å². The number of alkyl halides is 3. The standard InChI is InChI=1S/C14H8Cl2F3NO2/c1-22-13(21)9-3-2-8(14(17,18)19)6-10(9)7-4-11(15)20-12(16)5-7/h2-6H,1H3. The molecule has 0 aliphatic heterocycles. The Morgan fingerprint density at radius 2 is 1.73 bits per heavy atom. The molecule has 3 nitrogen and oxygen atoms in total. The number of aromatic nitrogens is 1. The molecule has 2 rings (SSSR count). The molecule has 0 bridgehead atoms. The van der Waals surface area contributed by atoms with Gasteiger partial charge in [0.1, 0.15) is 10.3 Å². The van der Waals surface area contributed by atoms with Gasteiger partial charge in [0.15, 0.2) is 0 Å². The first-order valence-corrected chi connectivity index (χ1v) is 6.61. The fraction of sp³-hybridized carbons (Fsp3) is 0.143. The quantitative estimate of drug-likeness (QED) is 0.574. The molecule has 0 aliphatic rings. The average molecular weight is 350 g/mol. The molecule has 0 spiro atoms. The molecule has 2 aromatic rings. The van der Waals surface area contributed by atoms with Crippen molar-refractivity contribution < 1.29 is 22.7 Å². The highest BCUT2D eigenvalue weighted by Crippen LogP contribution is 2.35. The number of esters is 1. The summed E-state index contributed by atoms with van der Waals surface area (Å²) in [6, 6.07) is 5.32. The van der Waals surface area contributed by atoms with Gasteiger partial charge in [-0.05, 0) is 41.5 Å². The molecule has 0 N–H and O–H groups in total. The molecule has 22 heavy (non-hydrogen) atoms. The summed E-state index contributed by atoms with van der Waals surface area (Å²) in [5, 5.41) is -0.00791. The second kappa shape index (κ2) is 6.14. The molecule has 1 aromatic heterocycles. The number of benzene rings is 1. The number of hydrogen-bond acceptors (Lipinski definition) is 3. The Balaban J connectivity index is 2.71. The molecule has 0 atom stereocenters. The van der Waals surface area contributed by atoms with Gasteiger partial charge in [-0.3, -0.25) is 0 Å². The van der Waals surface area contributed by atoms with Gasteiger partial charge >= 0.3 is 12.1 Å². The molecule has 0 radical (unpaired) electrons. The van der Waals surface area contributed by atoms with Gasteiger partial charge in [-0.25, -0.2) is 9.78 Å². The minimum absolute atomic E-state index is 0.00396. The molecule has 0 amide bonds. The maximum Gasteiger partial charge on any atom is 0.416 e. The van der Waals surface area contributed by atoms with Crippen LogP contribution in [0.5, 0.6) is 0 Å². The van der Waals surface area contributed by atoms with E-state index in [2.05, 4.69) is 9.72 Å². The van der Waals surface area contributed by atoms with Crippen molar-refractivity contribution in [3.05, 3.63) is 51.8 Å². The van der Waals surface area contributed by atoms with Gasteiger partial charge in [0.25, 0.3) is 0 Å². The number of carbonyl (C=O) groups excluding carboxylic acids is 1. The molecule has 8 heteroatoms. The van der Waals surface area contributed by atoms with Crippen molar-refractivity contribution in [3.63, 3.8) is 0 Å². The predicted molar refractivity (Wildman–Crippen MR) is 76.0 cm³/mol. The number of nitrogens with zero attached hydrogens (tertiary/aromatic N) is 1. The first-order chi connectivity index (χ1) is 10.2. The van der Waals surface area contributed by atoms with Gasteiger partial charge < -0.3 is 4.74 Å². The third kappa shape index (κ3) is 3.51. The number of halogens is 5. The normalized spacial score (nSPS) is 11.4. The van der Waals surface area contributed by atoms with Crippen molar-refractivity contribution in [2.24, 2.45) is 0 Å². The lowest BCUT2D eigenvalue weighted by Crippen LogP contribution is -2.09. The van der Waals surface area contributed by atoms with Crippen molar-refractivity contribution in [1.29, 1.82) is 0 Å². The van der Waals surface area contributed by atoms with E-state index in [1.165, 1.54) is 12.1 Å². The lowest BCUT2D eigenvalue weighted by molar-refractivity contribution is -0.137. The highest BCUT2D eigenvalue weighted by molar-refractivity contribution is 6.32. The van der Waals surface area contributed by atoms with E-state index in [-0.39, 0.29) is 27.0 Å². The number of hydrogen-bond donors (Lipinski definition) is 0. The second-order valence-corrected chi connectivity index (χ2v) is 5.03. The fourth-order valence-electron chi connectivity index (χ4n) is 1.87. The Hall–Kier alpha value is -1.79. The summed E-state index contributed by atoms with van der Waals surface area (Å²) < 4.78 is 43.2. The Labute approximate surface area is 133 Å². The summed E-state index contributed by atoms with van der Waals surface area (Å²) >= 11 is 11.5. The number of pyridine rings is 1. The van der Waals surface area contributed by atoms with E-state index < -0.39 is 17.7 Å². The lowest BCUT2D eigenvalue weighted by Gasteiger charge is -2.13. The summed E-state index contributed by atoms with van der Waals surface area (Å²) in [6.45, 7) is 0. The fourth-order valence-corrected chi connectivity index (χ4v) is 2.33. The van der Waals surface area contributed by atoms with Crippen LogP contribution in [0.3, 0.4) is 0 Å². The second-order valence-electron chi connectivity index (χ2n) is 4.25. The van der Waals surface area contributed by atoms with Crippen LogP contribution in [0.25, 0.3) is 11.1 Å². The maximum atomic E-state index is 12.9. The Kier molecular flexibility index (Phi) is 4.63. The van der Waals surface area contributed by atoms with Crippen molar-refractivity contribution in [3.8, 4) is 11.1 Å². The van der Waals surface area contributed by atoms with Crippen LogP contribution < -0.4 is 0 Å². The van der Waals surface area contributed by atoms with Crippen molar-refractivity contribution in [2.75, 3.05) is 7.11 Å². The highest BCUT2D eigenvalue weighted by Gasteiger charge is 2.32. The summed E-state index contributed by atoms with van der Waals surface area (Å²) in [4.78, 5) is 15.5. The van der Waals surface area contributed by atoms with E-state index in [0.717, 1.165) is 25.3 Å². The number of carbonyl (C=O) groups is 1. The SMILES string of the molecule is COC(=O)c1ccc(C(F)(F)F)cc1-c1cc(Cl)nc(Cl)c1. The Bertz CT molecular complexity index is 712. The van der Waals surface area contributed by atoms with E-state index in [9.17, 15) is 18.0 Å². The van der Waals surface area contributed by atoms with Gasteiger partial charge in [-0.2, -0.15) is 13.2 Å². The summed E-state index contributed by atoms with van der Waals surface area (Å²) in [6.07, 6.45) is -4.55. The van der Waals surface area contributed by atoms with Gasteiger partial charge in [0, 0.05) is 0 Å². The Morgan fingerprint density at radius 1 is 1.14 bits per heavy atom. The number of rotatable bonds is 2. The number of methoxy groups -OCH3 is 1. The molecule has 1 heterocycles. The molecule has 0 saturated heterocycles. The van der Waals surface area contributed by atoms with E-state index in [1.54, 1.807) is 0 Å².